The summed E-state index contributed by atoms with van der Waals surface area (Å²) in [5, 5.41) is 11.7. The van der Waals surface area contributed by atoms with Crippen LogP contribution in [0, 0.1) is 0 Å². The highest BCUT2D eigenvalue weighted by atomic mass is 35.5. The predicted octanol–water partition coefficient (Wildman–Crippen LogP) is 3.25. The van der Waals surface area contributed by atoms with E-state index in [2.05, 4.69) is 20.5 Å². The molecule has 2 aromatic rings. The van der Waals surface area contributed by atoms with Crippen LogP contribution in [0.3, 0.4) is 0 Å². The second kappa shape index (κ2) is 5.49. The Labute approximate surface area is 121 Å². The van der Waals surface area contributed by atoms with Gasteiger partial charge < -0.3 is 5.32 Å². The van der Waals surface area contributed by atoms with Crippen LogP contribution in [0.15, 0.2) is 18.2 Å². The van der Waals surface area contributed by atoms with Crippen molar-refractivity contribution in [3.8, 4) is 11.4 Å². The van der Waals surface area contributed by atoms with Crippen LogP contribution in [-0.4, -0.2) is 28.3 Å². The zero-order valence-electron chi connectivity index (χ0n) is 10.3. The second-order valence-electron chi connectivity index (χ2n) is 4.67. The Kier molecular flexibility index (Phi) is 3.73. The van der Waals surface area contributed by atoms with Crippen LogP contribution in [0.2, 0.25) is 10.0 Å². The quantitative estimate of drug-likeness (QED) is 0.894. The summed E-state index contributed by atoms with van der Waals surface area (Å²) in [7, 11) is 0. The Balaban J connectivity index is 1.90. The average molecular weight is 297 g/mol. The van der Waals surface area contributed by atoms with Gasteiger partial charge in [-0.05, 0) is 38.1 Å². The monoisotopic (exact) mass is 296 g/mol. The highest BCUT2D eigenvalue weighted by molar-refractivity contribution is 6.43. The molecule has 1 aliphatic heterocycles. The molecule has 1 saturated heterocycles. The van der Waals surface area contributed by atoms with Crippen molar-refractivity contribution >= 4 is 23.2 Å². The van der Waals surface area contributed by atoms with E-state index < -0.39 is 0 Å². The lowest BCUT2D eigenvalue weighted by Gasteiger charge is -2.19. The maximum absolute atomic E-state index is 6.19. The van der Waals surface area contributed by atoms with Crippen LogP contribution < -0.4 is 5.32 Å². The fourth-order valence-electron chi connectivity index (χ4n) is 2.35. The van der Waals surface area contributed by atoms with Crippen LogP contribution in [0.5, 0.6) is 0 Å². The van der Waals surface area contributed by atoms with Crippen molar-refractivity contribution < 1.29 is 0 Å². The number of H-pyrrole nitrogens is 1. The van der Waals surface area contributed by atoms with Crippen molar-refractivity contribution in [3.63, 3.8) is 0 Å². The first-order valence-corrected chi connectivity index (χ1v) is 7.08. The Bertz CT molecular complexity index is 576. The fraction of sp³-hybridized carbons (Fsp3) is 0.385. The van der Waals surface area contributed by atoms with Gasteiger partial charge in [-0.15, -0.1) is 0 Å². The van der Waals surface area contributed by atoms with E-state index in [9.17, 15) is 0 Å². The molecule has 1 fully saturated rings. The predicted molar refractivity (Wildman–Crippen MR) is 76.7 cm³/mol. The zero-order valence-corrected chi connectivity index (χ0v) is 11.8. The number of aromatic nitrogens is 3. The Morgan fingerprint density at radius 2 is 1.95 bits per heavy atom. The minimum absolute atomic E-state index is 0.445. The molecule has 0 bridgehead atoms. The molecule has 0 aliphatic carbocycles. The summed E-state index contributed by atoms with van der Waals surface area (Å²) in [6, 6.07) is 5.49. The molecule has 0 atom stereocenters. The third kappa shape index (κ3) is 2.61. The number of nitrogens with one attached hydrogen (secondary N) is 2. The molecule has 1 aromatic heterocycles. The van der Waals surface area contributed by atoms with Crippen LogP contribution in [-0.2, 0) is 0 Å². The summed E-state index contributed by atoms with van der Waals surface area (Å²) < 4.78 is 0. The molecule has 6 heteroatoms. The third-order valence-corrected chi connectivity index (χ3v) is 4.24. The normalized spacial score (nSPS) is 16.7. The highest BCUT2D eigenvalue weighted by Gasteiger charge is 2.20. The molecule has 0 radical (unpaired) electrons. The van der Waals surface area contributed by atoms with Crippen molar-refractivity contribution in [1.29, 1.82) is 0 Å². The molecular weight excluding hydrogens is 283 g/mol. The number of nitrogens with zero attached hydrogens (tertiary/aromatic N) is 2. The van der Waals surface area contributed by atoms with Gasteiger partial charge in [0.15, 0.2) is 5.82 Å². The van der Waals surface area contributed by atoms with Gasteiger partial charge in [0.1, 0.15) is 5.82 Å². The number of hydrogen-bond acceptors (Lipinski definition) is 3. The third-order valence-electron chi connectivity index (χ3n) is 3.42. The van der Waals surface area contributed by atoms with Crippen molar-refractivity contribution in [2.45, 2.75) is 18.8 Å². The van der Waals surface area contributed by atoms with Gasteiger partial charge in [-0.2, -0.15) is 5.10 Å². The van der Waals surface area contributed by atoms with E-state index >= 15 is 0 Å². The first-order chi connectivity index (χ1) is 9.25. The van der Waals surface area contributed by atoms with E-state index in [4.69, 9.17) is 23.2 Å². The summed E-state index contributed by atoms with van der Waals surface area (Å²) in [5.41, 5.74) is 0.769. The highest BCUT2D eigenvalue weighted by Crippen LogP contribution is 2.32. The molecule has 1 aromatic carbocycles. The molecule has 3 rings (SSSR count). The van der Waals surface area contributed by atoms with Crippen molar-refractivity contribution in [2.75, 3.05) is 13.1 Å². The molecular formula is C13H14Cl2N4. The standard InChI is InChI=1S/C13H14Cl2N4/c14-10-3-1-2-9(11(10)15)13-17-12(18-19-13)8-4-6-16-7-5-8/h1-3,8,16H,4-7H2,(H,17,18,19). The molecule has 0 unspecified atom stereocenters. The van der Waals surface area contributed by atoms with Gasteiger partial charge in [0.05, 0.1) is 10.0 Å². The number of benzene rings is 1. The molecule has 1 aliphatic rings. The maximum Gasteiger partial charge on any atom is 0.182 e. The van der Waals surface area contributed by atoms with Gasteiger partial charge in [0.2, 0.25) is 0 Å². The minimum Gasteiger partial charge on any atom is -0.317 e. The number of piperidine rings is 1. The van der Waals surface area contributed by atoms with Crippen molar-refractivity contribution in [3.05, 3.63) is 34.1 Å². The van der Waals surface area contributed by atoms with Gasteiger partial charge in [0, 0.05) is 11.5 Å². The van der Waals surface area contributed by atoms with Gasteiger partial charge in [-0.25, -0.2) is 4.98 Å². The zero-order chi connectivity index (χ0) is 13.2. The largest absolute Gasteiger partial charge is 0.317 e. The number of rotatable bonds is 2. The van der Waals surface area contributed by atoms with Crippen LogP contribution in [0.1, 0.15) is 24.6 Å². The van der Waals surface area contributed by atoms with Crippen LogP contribution >= 0.6 is 23.2 Å². The van der Waals surface area contributed by atoms with Gasteiger partial charge in [-0.3, -0.25) is 5.10 Å². The number of hydrogen-bond donors (Lipinski definition) is 2. The SMILES string of the molecule is Clc1cccc(-c2n[nH]c(C3CCNCC3)n2)c1Cl. The molecule has 4 nitrogen and oxygen atoms in total. The van der Waals surface area contributed by atoms with E-state index in [0.717, 1.165) is 37.3 Å². The fourth-order valence-corrected chi connectivity index (χ4v) is 2.73. The second-order valence-corrected chi connectivity index (χ2v) is 5.46. The molecule has 0 amide bonds. The van der Waals surface area contributed by atoms with Crippen molar-refractivity contribution in [1.82, 2.24) is 20.5 Å². The van der Waals surface area contributed by atoms with Gasteiger partial charge >= 0.3 is 0 Å². The average Bonchev–Trinajstić information content (AvgIpc) is 2.92. The summed E-state index contributed by atoms with van der Waals surface area (Å²) in [5.74, 6) is 1.99. The Morgan fingerprint density at radius 3 is 2.74 bits per heavy atom. The maximum atomic E-state index is 6.19. The first-order valence-electron chi connectivity index (χ1n) is 6.33. The van der Waals surface area contributed by atoms with E-state index in [1.165, 1.54) is 0 Å². The topological polar surface area (TPSA) is 53.6 Å². The molecule has 2 N–H and O–H groups in total. The van der Waals surface area contributed by atoms with E-state index in [1.807, 2.05) is 12.1 Å². The number of halogens is 2. The van der Waals surface area contributed by atoms with E-state index in [0.29, 0.717) is 21.8 Å². The summed E-state index contributed by atoms with van der Waals surface area (Å²) in [6.07, 6.45) is 2.16. The Hall–Kier alpha value is -1.10. The summed E-state index contributed by atoms with van der Waals surface area (Å²) in [6.45, 7) is 2.05. The van der Waals surface area contributed by atoms with E-state index in [1.54, 1.807) is 6.07 Å². The molecule has 2 heterocycles. The lowest BCUT2D eigenvalue weighted by molar-refractivity contribution is 0.446. The van der Waals surface area contributed by atoms with Crippen LogP contribution in [0.25, 0.3) is 11.4 Å². The molecule has 19 heavy (non-hydrogen) atoms. The minimum atomic E-state index is 0.445. The van der Waals surface area contributed by atoms with Crippen molar-refractivity contribution in [2.24, 2.45) is 0 Å². The smallest absolute Gasteiger partial charge is 0.182 e. The molecule has 0 saturated carbocycles. The Morgan fingerprint density at radius 1 is 1.16 bits per heavy atom. The summed E-state index contributed by atoms with van der Waals surface area (Å²) in [4.78, 5) is 4.57. The first kappa shape index (κ1) is 12.9. The molecule has 0 spiro atoms. The molecule has 100 valence electrons. The lowest BCUT2D eigenvalue weighted by atomic mass is 9.98. The van der Waals surface area contributed by atoms with Gasteiger partial charge in [0.25, 0.3) is 0 Å². The van der Waals surface area contributed by atoms with Crippen LogP contribution in [0.4, 0.5) is 0 Å². The lowest BCUT2D eigenvalue weighted by Crippen LogP contribution is -2.27. The summed E-state index contributed by atoms with van der Waals surface area (Å²) >= 11 is 12.2. The van der Waals surface area contributed by atoms with Gasteiger partial charge in [-0.1, -0.05) is 29.3 Å². The van der Waals surface area contributed by atoms with E-state index in [-0.39, 0.29) is 0 Å². The number of aromatic amines is 1.